The van der Waals surface area contributed by atoms with Crippen molar-refractivity contribution >= 4 is 11.9 Å². The minimum Gasteiger partial charge on any atom is -0.481 e. The van der Waals surface area contributed by atoms with Gasteiger partial charge >= 0.3 is 5.97 Å². The predicted molar refractivity (Wildman–Crippen MR) is 191 cm³/mol. The number of carbonyl (C=O) groups is 1. The number of allylic oxidation sites excluding steroid dienone is 1. The Labute approximate surface area is 295 Å². The zero-order valence-corrected chi connectivity index (χ0v) is 32.5. The third-order valence-corrected chi connectivity index (χ3v) is 16.0. The molecule has 0 amide bonds. The van der Waals surface area contributed by atoms with Crippen LogP contribution in [0.3, 0.4) is 0 Å². The molecule has 1 aromatic heterocycles. The van der Waals surface area contributed by atoms with Gasteiger partial charge < -0.3 is 25.2 Å². The Kier molecular flexibility index (Phi) is 9.21. The molecule has 49 heavy (non-hydrogen) atoms. The second-order valence-electron chi connectivity index (χ2n) is 19.0. The van der Waals surface area contributed by atoms with E-state index in [0.717, 1.165) is 38.5 Å². The molecule has 13 atom stereocenters. The van der Waals surface area contributed by atoms with Gasteiger partial charge in [0.15, 0.2) is 0 Å². The summed E-state index contributed by atoms with van der Waals surface area (Å²) < 4.78 is 14.0. The van der Waals surface area contributed by atoms with Crippen molar-refractivity contribution in [2.24, 2.45) is 62.6 Å². The van der Waals surface area contributed by atoms with Crippen LogP contribution in [-0.4, -0.2) is 81.7 Å². The molecule has 4 aliphatic carbocycles. The fourth-order valence-corrected chi connectivity index (χ4v) is 13.3. The van der Waals surface area contributed by atoms with Crippen molar-refractivity contribution in [2.75, 3.05) is 33.0 Å². The van der Waals surface area contributed by atoms with E-state index in [9.17, 15) is 9.90 Å². The van der Waals surface area contributed by atoms with Crippen LogP contribution in [0.5, 0.6) is 0 Å². The first-order valence-electron chi connectivity index (χ1n) is 19.2. The highest BCUT2D eigenvalue weighted by atomic mass is 16.5. The number of nitrogens with two attached hydrogens (primary N) is 1. The molecule has 5 aliphatic rings. The van der Waals surface area contributed by atoms with Crippen molar-refractivity contribution in [3.05, 3.63) is 11.6 Å². The number of aliphatic carboxylic acids is 1. The third kappa shape index (κ3) is 5.18. The molecular formula is C39H66N6O4. The molecule has 10 nitrogen and oxygen atoms in total. The minimum absolute atomic E-state index is 0.0304. The number of carboxylic acids is 1. The maximum atomic E-state index is 13.5. The lowest BCUT2D eigenvalue weighted by Crippen LogP contribution is -2.69. The molecule has 10 heteroatoms. The van der Waals surface area contributed by atoms with Crippen LogP contribution in [0.4, 0.5) is 5.95 Å². The van der Waals surface area contributed by atoms with E-state index in [0.29, 0.717) is 42.8 Å². The Balaban J connectivity index is 1.45. The summed E-state index contributed by atoms with van der Waals surface area (Å²) in [7, 11) is 4.27. The Morgan fingerprint density at radius 2 is 1.73 bits per heavy atom. The first-order chi connectivity index (χ1) is 22.8. The molecule has 2 bridgehead atoms. The zero-order chi connectivity index (χ0) is 36.1. The first kappa shape index (κ1) is 36.7. The molecule has 0 aromatic carbocycles. The van der Waals surface area contributed by atoms with E-state index in [1.54, 1.807) is 4.80 Å². The van der Waals surface area contributed by atoms with Gasteiger partial charge in [-0.1, -0.05) is 79.1 Å². The Hall–Kier alpha value is -2.04. The number of fused-ring (bicyclic) bond motifs is 3. The van der Waals surface area contributed by atoms with E-state index in [4.69, 9.17) is 15.2 Å². The van der Waals surface area contributed by atoms with E-state index >= 15 is 0 Å². The number of rotatable bonds is 9. The van der Waals surface area contributed by atoms with Crippen LogP contribution >= 0.6 is 0 Å². The van der Waals surface area contributed by atoms with Gasteiger partial charge in [0.25, 0.3) is 5.95 Å². The molecular weight excluding hydrogens is 616 g/mol. The van der Waals surface area contributed by atoms with Crippen molar-refractivity contribution < 1.29 is 19.4 Å². The molecule has 4 fully saturated rings. The van der Waals surface area contributed by atoms with Gasteiger partial charge in [-0.3, -0.25) is 4.79 Å². The lowest BCUT2D eigenvalue weighted by atomic mass is 9.34. The van der Waals surface area contributed by atoms with Crippen LogP contribution in [0.25, 0.3) is 0 Å². The number of likely N-dealkylation sites (N-methyl/N-ethyl adjacent to an activating group) is 1. The molecule has 1 aromatic rings. The molecule has 6 rings (SSSR count). The second kappa shape index (κ2) is 12.3. The number of hydrogen-bond donors (Lipinski definition) is 2. The lowest BCUT2D eigenvalue weighted by molar-refractivity contribution is -0.262. The van der Waals surface area contributed by atoms with Gasteiger partial charge in [0.05, 0.1) is 31.3 Å². The van der Waals surface area contributed by atoms with Crippen molar-refractivity contribution in [2.45, 2.75) is 132 Å². The van der Waals surface area contributed by atoms with Gasteiger partial charge in [0.2, 0.25) is 0 Å². The van der Waals surface area contributed by atoms with Crippen LogP contribution < -0.4 is 5.73 Å². The fourth-order valence-electron chi connectivity index (χ4n) is 13.3. The molecule has 2 heterocycles. The van der Waals surface area contributed by atoms with Crippen molar-refractivity contribution in [3.8, 4) is 0 Å². The van der Waals surface area contributed by atoms with Gasteiger partial charge in [-0.25, -0.2) is 0 Å². The van der Waals surface area contributed by atoms with Gasteiger partial charge in [-0.05, 0) is 111 Å². The number of carboxylic acid groups (broad SMARTS) is 1. The van der Waals surface area contributed by atoms with Crippen LogP contribution in [0, 0.1) is 62.6 Å². The van der Waals surface area contributed by atoms with E-state index < -0.39 is 11.9 Å². The molecule has 0 radical (unpaired) electrons. The Morgan fingerprint density at radius 1 is 1.04 bits per heavy atom. The van der Waals surface area contributed by atoms with Gasteiger partial charge in [-0.2, -0.15) is 4.80 Å². The first-order valence-corrected chi connectivity index (χ1v) is 19.2. The standard InChI is InChI=1S/C39H66N6O4/c1-22(2)24(5)35(7)17-18-37(9)26-13-14-29-36(8)20-48-21-39(29,27(26)15-16-38(37,10)31(35)33(46)47)19-28(45-42-34(40)41-43-45)32(36)49-25(6)30(23(3)4)44(11)12/h15,22-26,28-32H,13-14,16-21H2,1-12H3,(H2,40,42)(H,46,47)/t24-,25?,26+,28-,29+,30?,31-,32+,35-,36-,37-,38+,39+/m1/s1. The number of nitrogen functional groups attached to an aromatic ring is 1. The largest absolute Gasteiger partial charge is 0.481 e. The maximum Gasteiger partial charge on any atom is 0.307 e. The van der Waals surface area contributed by atoms with Crippen molar-refractivity contribution in [3.63, 3.8) is 0 Å². The van der Waals surface area contributed by atoms with E-state index in [2.05, 4.69) is 110 Å². The number of ether oxygens (including phenoxy) is 2. The summed E-state index contributed by atoms with van der Waals surface area (Å²) in [6.45, 7) is 24.2. The molecule has 0 spiro atoms. The predicted octanol–water partition coefficient (Wildman–Crippen LogP) is 6.74. The minimum atomic E-state index is -0.625. The SMILES string of the molecule is CC(C)C(C(C)O[C@H]1[C@H](n2nnc(N)n2)C[C@@]23COC[C@]1(C)[C@@H]2CC[C@H]1C3=CC[C@@]2(C)[C@H](C(=O)O)[C@@](C)([C@H](C)C(C)C)CC[C@]12C)N(C)C. The highest BCUT2D eigenvalue weighted by Crippen LogP contribution is 2.75. The summed E-state index contributed by atoms with van der Waals surface area (Å²) in [6, 6.07) is 0.0719. The highest BCUT2D eigenvalue weighted by molar-refractivity contribution is 5.73. The monoisotopic (exact) mass is 683 g/mol. The van der Waals surface area contributed by atoms with Crippen LogP contribution in [-0.2, 0) is 14.3 Å². The molecule has 1 aliphatic heterocycles. The molecule has 1 saturated heterocycles. The third-order valence-electron chi connectivity index (χ3n) is 16.0. The number of hydrogen-bond acceptors (Lipinski definition) is 8. The van der Waals surface area contributed by atoms with Gasteiger partial charge in [0.1, 0.15) is 6.04 Å². The smallest absolute Gasteiger partial charge is 0.307 e. The molecule has 2 unspecified atom stereocenters. The number of aromatic nitrogens is 4. The average Bonchev–Trinajstić information content (AvgIpc) is 3.44. The lowest BCUT2D eigenvalue weighted by Gasteiger charge is -2.71. The topological polar surface area (TPSA) is 129 Å². The van der Waals surface area contributed by atoms with Crippen LogP contribution in [0.1, 0.15) is 114 Å². The van der Waals surface area contributed by atoms with Crippen LogP contribution in [0.2, 0.25) is 0 Å². The molecule has 3 N–H and O–H groups in total. The van der Waals surface area contributed by atoms with Crippen molar-refractivity contribution in [1.29, 1.82) is 0 Å². The summed E-state index contributed by atoms with van der Waals surface area (Å²) in [4.78, 5) is 17.5. The summed E-state index contributed by atoms with van der Waals surface area (Å²) in [6.07, 6.45) is 7.94. The maximum absolute atomic E-state index is 13.5. The summed E-state index contributed by atoms with van der Waals surface area (Å²) in [5.41, 5.74) is 6.32. The van der Waals surface area contributed by atoms with Crippen LogP contribution in [0.15, 0.2) is 11.6 Å². The summed E-state index contributed by atoms with van der Waals surface area (Å²) in [5, 5.41) is 24.3. The highest BCUT2D eigenvalue weighted by Gasteiger charge is 2.72. The Bertz CT molecular complexity index is 1440. The summed E-state index contributed by atoms with van der Waals surface area (Å²) in [5.74, 6) is 0.934. The average molecular weight is 683 g/mol. The van der Waals surface area contributed by atoms with Gasteiger partial charge in [-0.15, -0.1) is 5.10 Å². The number of anilines is 1. The number of nitrogens with zero attached hydrogens (tertiary/aromatic N) is 5. The van der Waals surface area contributed by atoms with E-state index in [1.807, 2.05) is 0 Å². The second-order valence-corrected chi connectivity index (χ2v) is 19.0. The summed E-state index contributed by atoms with van der Waals surface area (Å²) >= 11 is 0. The normalized spacial score (nSPS) is 43.7. The zero-order valence-electron chi connectivity index (χ0n) is 32.5. The Morgan fingerprint density at radius 3 is 2.31 bits per heavy atom. The van der Waals surface area contributed by atoms with E-state index in [-0.39, 0.29) is 57.3 Å². The van der Waals surface area contributed by atoms with Crippen molar-refractivity contribution in [1.82, 2.24) is 25.1 Å². The quantitative estimate of drug-likeness (QED) is 0.272. The molecule has 276 valence electrons. The number of tetrazole rings is 1. The van der Waals surface area contributed by atoms with Gasteiger partial charge in [0, 0.05) is 16.9 Å². The fraction of sp³-hybridized carbons (Fsp3) is 0.897. The van der Waals surface area contributed by atoms with E-state index in [1.165, 1.54) is 5.57 Å². The molecule has 3 saturated carbocycles.